The van der Waals surface area contributed by atoms with Crippen molar-refractivity contribution in [2.24, 2.45) is 0 Å². The van der Waals surface area contributed by atoms with E-state index >= 15 is 0 Å². The first-order valence-electron chi connectivity index (χ1n) is 6.41. The number of aryl methyl sites for hydroxylation is 3. The number of aromatic hydroxyl groups is 3. The molecule has 0 aromatic heterocycles. The van der Waals surface area contributed by atoms with Gasteiger partial charge in [-0.3, -0.25) is 0 Å². The van der Waals surface area contributed by atoms with Crippen molar-refractivity contribution in [2.45, 2.75) is 26.2 Å². The molecular formula is C16H18O3. The minimum Gasteiger partial charge on any atom is -0.508 e. The second kappa shape index (κ2) is 5.65. The minimum absolute atomic E-state index is 0.0787. The Hall–Kier alpha value is -2.16. The zero-order chi connectivity index (χ0) is 13.8. The molecule has 3 nitrogen and oxygen atoms in total. The van der Waals surface area contributed by atoms with Crippen LogP contribution < -0.4 is 0 Å². The molecule has 0 bridgehead atoms. The van der Waals surface area contributed by atoms with Crippen molar-refractivity contribution in [3.8, 4) is 17.2 Å². The summed E-state index contributed by atoms with van der Waals surface area (Å²) in [5.74, 6) is 0.492. The third-order valence-electron chi connectivity index (χ3n) is 3.19. The monoisotopic (exact) mass is 258 g/mol. The van der Waals surface area contributed by atoms with E-state index in [2.05, 4.69) is 0 Å². The highest BCUT2D eigenvalue weighted by molar-refractivity contribution is 5.39. The largest absolute Gasteiger partial charge is 0.508 e. The van der Waals surface area contributed by atoms with E-state index < -0.39 is 0 Å². The molecular weight excluding hydrogens is 240 g/mol. The molecule has 0 heterocycles. The number of hydrogen-bond donors (Lipinski definition) is 3. The smallest absolute Gasteiger partial charge is 0.119 e. The molecule has 2 aromatic carbocycles. The van der Waals surface area contributed by atoms with Crippen molar-refractivity contribution in [1.29, 1.82) is 0 Å². The molecule has 0 spiro atoms. The average molecular weight is 258 g/mol. The van der Waals surface area contributed by atoms with Crippen molar-refractivity contribution in [1.82, 2.24) is 0 Å². The van der Waals surface area contributed by atoms with Crippen molar-refractivity contribution in [3.05, 3.63) is 53.1 Å². The summed E-state index contributed by atoms with van der Waals surface area (Å²) < 4.78 is 0. The first-order valence-corrected chi connectivity index (χ1v) is 6.41. The van der Waals surface area contributed by atoms with Gasteiger partial charge in [-0.2, -0.15) is 0 Å². The fourth-order valence-corrected chi connectivity index (χ4v) is 2.17. The first-order chi connectivity index (χ1) is 9.08. The Bertz CT molecular complexity index is 556. The van der Waals surface area contributed by atoms with Crippen molar-refractivity contribution >= 4 is 0 Å². The molecule has 0 aliphatic carbocycles. The Balaban J connectivity index is 2.10. The van der Waals surface area contributed by atoms with Crippen LogP contribution in [0.25, 0.3) is 0 Å². The molecule has 3 N–H and O–H groups in total. The van der Waals surface area contributed by atoms with Gasteiger partial charge in [0.1, 0.15) is 17.2 Å². The third kappa shape index (κ3) is 3.41. The van der Waals surface area contributed by atoms with E-state index in [9.17, 15) is 15.3 Å². The SMILES string of the molecule is CCc1cc(CCc2cc(O)cc(O)c2)ccc1O. The fraction of sp³-hybridized carbons (Fsp3) is 0.250. The first kappa shape index (κ1) is 13.3. The summed E-state index contributed by atoms with van der Waals surface area (Å²) in [7, 11) is 0. The van der Waals surface area contributed by atoms with Crippen molar-refractivity contribution in [2.75, 3.05) is 0 Å². The van der Waals surface area contributed by atoms with E-state index in [-0.39, 0.29) is 11.5 Å². The summed E-state index contributed by atoms with van der Waals surface area (Å²) in [5.41, 5.74) is 2.97. The molecule has 3 heteroatoms. The summed E-state index contributed by atoms with van der Waals surface area (Å²) in [5, 5.41) is 28.5. The van der Waals surface area contributed by atoms with Crippen LogP contribution in [0.1, 0.15) is 23.6 Å². The Morgan fingerprint density at radius 1 is 0.789 bits per heavy atom. The van der Waals surface area contributed by atoms with Crippen molar-refractivity contribution < 1.29 is 15.3 Å². The van der Waals surface area contributed by atoms with Crippen LogP contribution in [0.3, 0.4) is 0 Å². The molecule has 0 unspecified atom stereocenters. The van der Waals surface area contributed by atoms with E-state index in [1.165, 1.54) is 6.07 Å². The maximum Gasteiger partial charge on any atom is 0.119 e. The van der Waals surface area contributed by atoms with E-state index in [0.29, 0.717) is 5.75 Å². The van der Waals surface area contributed by atoms with Gasteiger partial charge < -0.3 is 15.3 Å². The fourth-order valence-electron chi connectivity index (χ4n) is 2.17. The lowest BCUT2D eigenvalue weighted by molar-refractivity contribution is 0.449. The summed E-state index contributed by atoms with van der Waals surface area (Å²) in [6.07, 6.45) is 2.33. The summed E-state index contributed by atoms with van der Waals surface area (Å²) >= 11 is 0. The number of benzene rings is 2. The van der Waals surface area contributed by atoms with Gasteiger partial charge in [0.05, 0.1) is 0 Å². The lowest BCUT2D eigenvalue weighted by Gasteiger charge is -2.07. The number of phenolic OH excluding ortho intramolecular Hbond substituents is 3. The summed E-state index contributed by atoms with van der Waals surface area (Å²) in [6.45, 7) is 2.01. The number of phenols is 3. The van der Waals surface area contributed by atoms with Crippen LogP contribution in [0, 0.1) is 0 Å². The van der Waals surface area contributed by atoms with Crippen LogP contribution in [-0.4, -0.2) is 15.3 Å². The van der Waals surface area contributed by atoms with Crippen LogP contribution in [0.2, 0.25) is 0 Å². The number of rotatable bonds is 4. The van der Waals surface area contributed by atoms with Gasteiger partial charge in [-0.15, -0.1) is 0 Å². The standard InChI is InChI=1S/C16H18O3/c1-2-13-7-11(5-6-16(13)19)3-4-12-8-14(17)10-15(18)9-12/h5-10,17-19H,2-4H2,1H3. The second-order valence-electron chi connectivity index (χ2n) is 4.67. The molecule has 0 atom stereocenters. The highest BCUT2D eigenvalue weighted by Gasteiger charge is 2.03. The van der Waals surface area contributed by atoms with Crippen LogP contribution in [-0.2, 0) is 19.3 Å². The molecule has 100 valence electrons. The van der Waals surface area contributed by atoms with Gasteiger partial charge in [0.15, 0.2) is 0 Å². The molecule has 0 aliphatic heterocycles. The molecule has 0 saturated carbocycles. The van der Waals surface area contributed by atoms with Gasteiger partial charge >= 0.3 is 0 Å². The Morgan fingerprint density at radius 2 is 1.42 bits per heavy atom. The molecule has 0 amide bonds. The Morgan fingerprint density at radius 3 is 2.05 bits per heavy atom. The third-order valence-corrected chi connectivity index (χ3v) is 3.19. The highest BCUT2D eigenvalue weighted by Crippen LogP contribution is 2.23. The average Bonchev–Trinajstić information content (AvgIpc) is 2.36. The quantitative estimate of drug-likeness (QED) is 0.789. The molecule has 2 rings (SSSR count). The topological polar surface area (TPSA) is 60.7 Å². The van der Waals surface area contributed by atoms with Gasteiger partial charge in [0, 0.05) is 6.07 Å². The van der Waals surface area contributed by atoms with Gasteiger partial charge in [0.25, 0.3) is 0 Å². The lowest BCUT2D eigenvalue weighted by Crippen LogP contribution is -1.93. The van der Waals surface area contributed by atoms with E-state index in [0.717, 1.165) is 36.0 Å². The minimum atomic E-state index is 0.0787. The van der Waals surface area contributed by atoms with Crippen LogP contribution in [0.4, 0.5) is 0 Å². The van der Waals surface area contributed by atoms with Crippen LogP contribution in [0.5, 0.6) is 17.2 Å². The molecule has 0 aliphatic rings. The summed E-state index contributed by atoms with van der Waals surface area (Å²) in [4.78, 5) is 0. The van der Waals surface area contributed by atoms with Gasteiger partial charge in [-0.05, 0) is 54.2 Å². The lowest BCUT2D eigenvalue weighted by atomic mass is 10.0. The van der Waals surface area contributed by atoms with Gasteiger partial charge in [-0.25, -0.2) is 0 Å². The Kier molecular flexibility index (Phi) is 3.95. The summed E-state index contributed by atoms with van der Waals surface area (Å²) in [6, 6.07) is 10.2. The molecule has 0 saturated heterocycles. The van der Waals surface area contributed by atoms with Crippen molar-refractivity contribution in [3.63, 3.8) is 0 Å². The van der Waals surface area contributed by atoms with E-state index in [1.807, 2.05) is 19.1 Å². The van der Waals surface area contributed by atoms with Crippen LogP contribution >= 0.6 is 0 Å². The molecule has 0 fully saturated rings. The van der Waals surface area contributed by atoms with E-state index in [4.69, 9.17) is 0 Å². The zero-order valence-electron chi connectivity index (χ0n) is 10.9. The highest BCUT2D eigenvalue weighted by atomic mass is 16.3. The molecule has 19 heavy (non-hydrogen) atoms. The van der Waals surface area contributed by atoms with Crippen LogP contribution in [0.15, 0.2) is 36.4 Å². The zero-order valence-corrected chi connectivity index (χ0v) is 10.9. The maximum atomic E-state index is 9.63. The predicted octanol–water partition coefficient (Wildman–Crippen LogP) is 3.15. The Labute approximate surface area is 112 Å². The van der Waals surface area contributed by atoms with Gasteiger partial charge in [-0.1, -0.05) is 19.1 Å². The second-order valence-corrected chi connectivity index (χ2v) is 4.67. The predicted molar refractivity (Wildman–Crippen MR) is 74.7 cm³/mol. The normalized spacial score (nSPS) is 10.6. The molecule has 0 radical (unpaired) electrons. The van der Waals surface area contributed by atoms with Gasteiger partial charge in [0.2, 0.25) is 0 Å². The number of hydrogen-bond acceptors (Lipinski definition) is 3. The maximum absolute atomic E-state index is 9.63. The van der Waals surface area contributed by atoms with E-state index in [1.54, 1.807) is 18.2 Å². The molecule has 2 aromatic rings.